The molecular weight excluding hydrogens is 630 g/mol. The van der Waals surface area contributed by atoms with Crippen LogP contribution in [0.1, 0.15) is 69.2 Å². The average Bonchev–Trinajstić information content (AvgIpc) is 3.06. The van der Waals surface area contributed by atoms with Gasteiger partial charge in [-0.2, -0.15) is 0 Å². The quantitative estimate of drug-likeness (QED) is 0.147. The molecule has 1 fully saturated rings. The fraction of sp³-hybridized carbons (Fsp3) is 0.400. The molecule has 4 aromatic rings. The Kier molecular flexibility index (Phi) is 12.2. The number of pyridine rings is 2. The van der Waals surface area contributed by atoms with E-state index in [0.29, 0.717) is 37.7 Å². The highest BCUT2D eigenvalue weighted by molar-refractivity contribution is 6.03. The van der Waals surface area contributed by atoms with Gasteiger partial charge in [0.15, 0.2) is 0 Å². The van der Waals surface area contributed by atoms with Gasteiger partial charge in [0.1, 0.15) is 23.7 Å². The van der Waals surface area contributed by atoms with E-state index in [1.165, 1.54) is 0 Å². The van der Waals surface area contributed by atoms with Crippen molar-refractivity contribution in [2.24, 2.45) is 0 Å². The zero-order valence-corrected chi connectivity index (χ0v) is 30.0. The minimum atomic E-state index is -0.550. The van der Waals surface area contributed by atoms with Gasteiger partial charge in [-0.05, 0) is 132 Å². The maximum Gasteiger partial charge on any atom is 0.407 e. The molecule has 2 N–H and O–H groups in total. The molecule has 264 valence electrons. The molecule has 10 nitrogen and oxygen atoms in total. The van der Waals surface area contributed by atoms with Crippen LogP contribution in [0.5, 0.6) is 5.75 Å². The summed E-state index contributed by atoms with van der Waals surface area (Å²) in [6.07, 6.45) is 5.12. The van der Waals surface area contributed by atoms with Crippen molar-refractivity contribution in [3.8, 4) is 28.0 Å². The van der Waals surface area contributed by atoms with Gasteiger partial charge in [0, 0.05) is 48.5 Å². The Morgan fingerprint density at radius 2 is 1.70 bits per heavy atom. The summed E-state index contributed by atoms with van der Waals surface area (Å²) < 4.78 is 16.8. The number of carbonyl (C=O) groups excluding carboxylic acids is 2. The first-order valence-electron chi connectivity index (χ1n) is 17.3. The summed E-state index contributed by atoms with van der Waals surface area (Å²) in [6.45, 7) is 14.8. The topological polar surface area (TPSA) is 115 Å². The van der Waals surface area contributed by atoms with Gasteiger partial charge in [-0.15, -0.1) is 0 Å². The van der Waals surface area contributed by atoms with Crippen molar-refractivity contribution in [1.82, 2.24) is 20.2 Å². The monoisotopic (exact) mass is 679 g/mol. The van der Waals surface area contributed by atoms with Crippen molar-refractivity contribution in [2.75, 3.05) is 31.6 Å². The average molecular weight is 680 g/mol. The molecule has 1 aliphatic heterocycles. The number of piperidine rings is 1. The Hall–Kier alpha value is -4.80. The maximum atomic E-state index is 13.6. The first-order valence-corrected chi connectivity index (χ1v) is 17.3. The minimum absolute atomic E-state index is 0.00588. The molecule has 0 radical (unpaired) electrons. The predicted molar refractivity (Wildman–Crippen MR) is 196 cm³/mol. The number of hydrogen-bond acceptors (Lipinski definition) is 8. The highest BCUT2D eigenvalue weighted by atomic mass is 16.6. The number of nitrogens with zero attached hydrogens (tertiary/aromatic N) is 3. The lowest BCUT2D eigenvalue weighted by Gasteiger charge is -2.33. The number of anilines is 1. The molecule has 1 aliphatic rings. The third-order valence-electron chi connectivity index (χ3n) is 8.11. The van der Waals surface area contributed by atoms with Crippen LogP contribution < -0.4 is 15.4 Å². The van der Waals surface area contributed by atoms with E-state index in [4.69, 9.17) is 14.2 Å². The molecule has 10 heteroatoms. The van der Waals surface area contributed by atoms with Crippen molar-refractivity contribution in [1.29, 1.82) is 0 Å². The number of amides is 2. The predicted octanol–water partition coefficient (Wildman–Crippen LogP) is 7.66. The molecule has 0 unspecified atom stereocenters. The molecule has 50 heavy (non-hydrogen) atoms. The van der Waals surface area contributed by atoms with Crippen LogP contribution >= 0.6 is 0 Å². The first-order chi connectivity index (χ1) is 23.9. The molecule has 0 spiro atoms. The Balaban J connectivity index is 1.30. The SMILES string of the molecule is Cc1ccc(-c2cc(CN3CCC[C@H](NC(=O)OC(C)(C)C)C3)cc(NC(=O)c3cc(-c4ccc(OCCOC(C)C)cc4)ccn3)c2)cn1. The van der Waals surface area contributed by atoms with Gasteiger partial charge in [0.2, 0.25) is 0 Å². The second-order valence-electron chi connectivity index (χ2n) is 14.0. The van der Waals surface area contributed by atoms with Crippen molar-refractivity contribution >= 4 is 17.7 Å². The van der Waals surface area contributed by atoms with Gasteiger partial charge in [0.05, 0.1) is 12.7 Å². The van der Waals surface area contributed by atoms with Crippen LogP contribution in [0.3, 0.4) is 0 Å². The van der Waals surface area contributed by atoms with Crippen molar-refractivity contribution < 1.29 is 23.8 Å². The van der Waals surface area contributed by atoms with E-state index in [2.05, 4.69) is 31.6 Å². The molecule has 2 aromatic carbocycles. The smallest absolute Gasteiger partial charge is 0.407 e. The Morgan fingerprint density at radius 3 is 2.42 bits per heavy atom. The van der Waals surface area contributed by atoms with Crippen molar-refractivity contribution in [3.05, 3.63) is 96.1 Å². The molecular formula is C40H49N5O5. The van der Waals surface area contributed by atoms with Gasteiger partial charge < -0.3 is 24.8 Å². The number of hydrogen-bond donors (Lipinski definition) is 2. The third-order valence-corrected chi connectivity index (χ3v) is 8.11. The summed E-state index contributed by atoms with van der Waals surface area (Å²) in [7, 11) is 0. The Bertz CT molecular complexity index is 1730. The van der Waals surface area contributed by atoms with Crippen LogP contribution in [0.15, 0.2) is 79.1 Å². The molecule has 2 aromatic heterocycles. The summed E-state index contributed by atoms with van der Waals surface area (Å²) in [5.74, 6) is 0.452. The number of carbonyl (C=O) groups is 2. The lowest BCUT2D eigenvalue weighted by molar-refractivity contribution is 0.0470. The molecule has 0 aliphatic carbocycles. The number of nitrogens with one attached hydrogen (secondary N) is 2. The zero-order valence-electron chi connectivity index (χ0n) is 30.0. The van der Waals surface area contributed by atoms with E-state index >= 15 is 0 Å². The van der Waals surface area contributed by atoms with Crippen LogP contribution in [0.25, 0.3) is 22.3 Å². The van der Waals surface area contributed by atoms with Gasteiger partial charge in [-0.3, -0.25) is 19.7 Å². The first kappa shape index (κ1) is 36.5. The lowest BCUT2D eigenvalue weighted by atomic mass is 10.0. The fourth-order valence-corrected chi connectivity index (χ4v) is 5.83. The molecule has 2 amide bonds. The van der Waals surface area contributed by atoms with Crippen LogP contribution in [0.2, 0.25) is 0 Å². The third kappa shape index (κ3) is 11.1. The Labute approximate surface area is 295 Å². The Morgan fingerprint density at radius 1 is 0.920 bits per heavy atom. The highest BCUT2D eigenvalue weighted by Gasteiger charge is 2.24. The highest BCUT2D eigenvalue weighted by Crippen LogP contribution is 2.28. The number of benzene rings is 2. The summed E-state index contributed by atoms with van der Waals surface area (Å²) >= 11 is 0. The van der Waals surface area contributed by atoms with Crippen LogP contribution in [-0.4, -0.2) is 70.9 Å². The van der Waals surface area contributed by atoms with Gasteiger partial charge >= 0.3 is 6.09 Å². The number of likely N-dealkylation sites (tertiary alicyclic amines) is 1. The number of aryl methyl sites for hydroxylation is 1. The van der Waals surface area contributed by atoms with Crippen LogP contribution in [0.4, 0.5) is 10.5 Å². The normalized spacial score (nSPS) is 15.1. The minimum Gasteiger partial charge on any atom is -0.491 e. The summed E-state index contributed by atoms with van der Waals surface area (Å²) in [5.41, 5.74) is 6.12. The zero-order chi connectivity index (χ0) is 35.7. The fourth-order valence-electron chi connectivity index (χ4n) is 5.83. The van der Waals surface area contributed by atoms with Crippen molar-refractivity contribution in [2.45, 2.75) is 78.7 Å². The van der Waals surface area contributed by atoms with Crippen molar-refractivity contribution in [3.63, 3.8) is 0 Å². The molecule has 1 saturated heterocycles. The summed E-state index contributed by atoms with van der Waals surface area (Å²) in [6, 6.07) is 21.6. The number of rotatable bonds is 12. The van der Waals surface area contributed by atoms with E-state index in [9.17, 15) is 9.59 Å². The largest absolute Gasteiger partial charge is 0.491 e. The summed E-state index contributed by atoms with van der Waals surface area (Å²) in [5, 5.41) is 6.13. The van der Waals surface area contributed by atoms with E-state index in [1.54, 1.807) is 12.3 Å². The molecule has 0 saturated carbocycles. The van der Waals surface area contributed by atoms with E-state index in [-0.39, 0.29) is 18.1 Å². The van der Waals surface area contributed by atoms with Gasteiger partial charge in [0.25, 0.3) is 5.91 Å². The molecule has 5 rings (SSSR count). The molecule has 1 atom stereocenters. The number of aromatic nitrogens is 2. The van der Waals surface area contributed by atoms with Crippen LogP contribution in [0, 0.1) is 6.92 Å². The molecule has 0 bridgehead atoms. The van der Waals surface area contributed by atoms with E-state index < -0.39 is 11.7 Å². The summed E-state index contributed by atoms with van der Waals surface area (Å²) in [4.78, 5) is 37.3. The van der Waals surface area contributed by atoms with E-state index in [1.807, 2.05) is 102 Å². The van der Waals surface area contributed by atoms with Gasteiger partial charge in [-0.25, -0.2) is 4.79 Å². The number of ether oxygens (including phenoxy) is 3. The van der Waals surface area contributed by atoms with Gasteiger partial charge in [-0.1, -0.05) is 18.2 Å². The second kappa shape index (κ2) is 16.7. The number of alkyl carbamates (subject to hydrolysis) is 1. The van der Waals surface area contributed by atoms with Crippen LogP contribution in [-0.2, 0) is 16.0 Å². The maximum absolute atomic E-state index is 13.6. The van der Waals surface area contributed by atoms with E-state index in [0.717, 1.165) is 58.6 Å². The second-order valence-corrected chi connectivity index (χ2v) is 14.0. The molecule has 3 heterocycles. The standard InChI is InChI=1S/C40H49N5O5/c1-27(2)48-18-19-49-36-13-11-30(12-14-36)31-15-16-41-37(23-31)38(46)43-35-21-29(20-33(22-35)32-10-9-28(3)42-24-32)25-45-17-7-8-34(26-45)44-39(47)50-40(4,5)6/h9-16,20-24,27,34H,7-8,17-19,25-26H2,1-6H3,(H,43,46)(H,44,47)/t34-/m0/s1. The lowest BCUT2D eigenvalue weighted by Crippen LogP contribution is -2.48.